The number of aliphatic hydroxyl groups excluding tert-OH is 1. The number of nitrogens with zero attached hydrogens (tertiary/aromatic N) is 3. The van der Waals surface area contributed by atoms with Crippen LogP contribution >= 0.6 is 23.2 Å². The number of hydrogen-bond donors (Lipinski definition) is 2. The van der Waals surface area contributed by atoms with Gasteiger partial charge in [-0.25, -0.2) is 14.0 Å². The Morgan fingerprint density at radius 2 is 1.67 bits per heavy atom. The van der Waals surface area contributed by atoms with E-state index in [1.165, 1.54) is 11.1 Å². The molecule has 0 saturated carbocycles. The van der Waals surface area contributed by atoms with E-state index in [9.17, 15) is 13.5 Å². The average molecular weight is 658 g/mol. The molecule has 1 aliphatic rings. The predicted octanol–water partition coefficient (Wildman–Crippen LogP) is 8.88. The molecule has 0 aliphatic carbocycles. The fraction of sp³-hybridized carbons (Fsp3) is 0.114. The average Bonchev–Trinajstić information content (AvgIpc) is 3.54. The highest BCUT2D eigenvalue weighted by Crippen LogP contribution is 2.31. The van der Waals surface area contributed by atoms with Gasteiger partial charge in [-0.05, 0) is 70.1 Å². The highest BCUT2D eigenvalue weighted by Gasteiger charge is 2.28. The first-order valence-corrected chi connectivity index (χ1v) is 16.5. The molecule has 0 spiro atoms. The summed E-state index contributed by atoms with van der Waals surface area (Å²) in [7, 11) is -3.87. The number of halogens is 2. The van der Waals surface area contributed by atoms with Gasteiger partial charge in [-0.2, -0.15) is 8.42 Å². The SMILES string of the molecule is CC(C)c1cccc(-c2ccc(C=Cc3nc(-c4ccc(Cl)cc4Cl)cn3Cc3ccc(N4C=C(O)NS4(=O)=O)cc3)cc2)c1. The Bertz CT molecular complexity index is 2030. The zero-order chi connectivity index (χ0) is 31.7. The van der Waals surface area contributed by atoms with E-state index in [0.717, 1.165) is 32.8 Å². The molecule has 1 aromatic heterocycles. The van der Waals surface area contributed by atoms with Gasteiger partial charge in [0.2, 0.25) is 5.88 Å². The van der Waals surface area contributed by atoms with Gasteiger partial charge in [0, 0.05) is 23.3 Å². The minimum Gasteiger partial charge on any atom is -0.493 e. The molecule has 7 nitrogen and oxygen atoms in total. The van der Waals surface area contributed by atoms with Gasteiger partial charge in [-0.1, -0.05) is 104 Å². The van der Waals surface area contributed by atoms with Crippen molar-refractivity contribution in [1.29, 1.82) is 0 Å². The summed E-state index contributed by atoms with van der Waals surface area (Å²) in [4.78, 5) is 4.90. The molecule has 2 N–H and O–H groups in total. The van der Waals surface area contributed by atoms with Crippen molar-refractivity contribution in [3.05, 3.63) is 142 Å². The van der Waals surface area contributed by atoms with Crippen LogP contribution < -0.4 is 9.03 Å². The normalized spacial score (nSPS) is 14.2. The zero-order valence-electron chi connectivity index (χ0n) is 24.5. The Morgan fingerprint density at radius 3 is 2.33 bits per heavy atom. The highest BCUT2D eigenvalue weighted by atomic mass is 35.5. The van der Waals surface area contributed by atoms with Gasteiger partial charge in [0.1, 0.15) is 5.82 Å². The van der Waals surface area contributed by atoms with E-state index < -0.39 is 16.1 Å². The van der Waals surface area contributed by atoms with Gasteiger partial charge in [0.05, 0.1) is 22.6 Å². The van der Waals surface area contributed by atoms with Crippen molar-refractivity contribution in [2.45, 2.75) is 26.3 Å². The van der Waals surface area contributed by atoms with E-state index in [0.29, 0.717) is 39.7 Å². The quantitative estimate of drug-likeness (QED) is 0.175. The second-order valence-electron chi connectivity index (χ2n) is 11.1. The van der Waals surface area contributed by atoms with Crippen LogP contribution in [-0.4, -0.2) is 23.1 Å². The minimum atomic E-state index is -3.87. The maximum Gasteiger partial charge on any atom is 0.330 e. The maximum atomic E-state index is 12.3. The van der Waals surface area contributed by atoms with Crippen LogP contribution in [0.1, 0.15) is 42.3 Å². The van der Waals surface area contributed by atoms with Gasteiger partial charge < -0.3 is 9.67 Å². The number of aromatic nitrogens is 2. The van der Waals surface area contributed by atoms with Crippen LogP contribution in [0, 0.1) is 0 Å². The summed E-state index contributed by atoms with van der Waals surface area (Å²) >= 11 is 12.7. The van der Waals surface area contributed by atoms with Gasteiger partial charge in [0.25, 0.3) is 0 Å². The third-order valence-corrected chi connectivity index (χ3v) is 9.36. The van der Waals surface area contributed by atoms with Crippen LogP contribution in [0.15, 0.2) is 109 Å². The molecule has 4 aromatic carbocycles. The van der Waals surface area contributed by atoms with E-state index in [2.05, 4.69) is 67.1 Å². The molecule has 5 aromatic rings. The number of imidazole rings is 1. The second kappa shape index (κ2) is 12.5. The summed E-state index contributed by atoms with van der Waals surface area (Å²) in [5, 5.41) is 10.7. The van der Waals surface area contributed by atoms with E-state index in [-0.39, 0.29) is 0 Å². The van der Waals surface area contributed by atoms with Crippen molar-refractivity contribution in [3.63, 3.8) is 0 Å². The van der Waals surface area contributed by atoms with E-state index in [1.807, 2.05) is 41.1 Å². The summed E-state index contributed by atoms with van der Waals surface area (Å²) in [5.41, 5.74) is 7.46. The molecule has 0 unspecified atom stereocenters. The van der Waals surface area contributed by atoms with Crippen molar-refractivity contribution in [2.75, 3.05) is 4.31 Å². The number of rotatable bonds is 8. The molecule has 0 amide bonds. The molecule has 0 saturated heterocycles. The Hall–Kier alpha value is -4.50. The van der Waals surface area contributed by atoms with E-state index >= 15 is 0 Å². The molecular weight excluding hydrogens is 627 g/mol. The molecule has 0 fully saturated rings. The third kappa shape index (κ3) is 6.78. The van der Waals surface area contributed by atoms with E-state index in [1.54, 1.807) is 24.3 Å². The Kier molecular flexibility index (Phi) is 8.46. The largest absolute Gasteiger partial charge is 0.493 e. The van der Waals surface area contributed by atoms with E-state index in [4.69, 9.17) is 28.2 Å². The van der Waals surface area contributed by atoms with Crippen LogP contribution in [0.4, 0.5) is 5.69 Å². The Morgan fingerprint density at radius 1 is 0.911 bits per heavy atom. The molecule has 0 atom stereocenters. The summed E-state index contributed by atoms with van der Waals surface area (Å²) in [6.07, 6.45) is 7.04. The van der Waals surface area contributed by atoms with Crippen LogP contribution in [0.25, 0.3) is 34.5 Å². The van der Waals surface area contributed by atoms with Crippen LogP contribution in [0.3, 0.4) is 0 Å². The zero-order valence-corrected chi connectivity index (χ0v) is 26.9. The number of hydrogen-bond acceptors (Lipinski definition) is 4. The first-order chi connectivity index (χ1) is 21.6. The number of anilines is 1. The lowest BCUT2D eigenvalue weighted by Gasteiger charge is -2.14. The molecule has 0 bridgehead atoms. The first kappa shape index (κ1) is 30.5. The Labute approximate surface area is 272 Å². The first-order valence-electron chi connectivity index (χ1n) is 14.3. The lowest BCUT2D eigenvalue weighted by Crippen LogP contribution is -2.29. The lowest BCUT2D eigenvalue weighted by atomic mass is 9.97. The molecule has 45 heavy (non-hydrogen) atoms. The topological polar surface area (TPSA) is 87.5 Å². The van der Waals surface area contributed by atoms with Crippen molar-refractivity contribution >= 4 is 51.3 Å². The van der Waals surface area contributed by atoms with Gasteiger partial charge in [-0.3, -0.25) is 0 Å². The summed E-state index contributed by atoms with van der Waals surface area (Å²) < 4.78 is 29.6. The molecular formula is C35H30Cl2N4O3S. The molecule has 0 radical (unpaired) electrons. The van der Waals surface area contributed by atoms with Crippen molar-refractivity contribution in [3.8, 4) is 22.4 Å². The molecule has 2 heterocycles. The van der Waals surface area contributed by atoms with Crippen LogP contribution in [0.2, 0.25) is 10.0 Å². The number of nitrogens with one attached hydrogen (secondary N) is 1. The second-order valence-corrected chi connectivity index (χ2v) is 13.4. The van der Waals surface area contributed by atoms with Crippen molar-refractivity contribution in [2.24, 2.45) is 0 Å². The number of benzene rings is 4. The standard InChI is InChI=1S/C35H30Cl2N4O3S/c1-23(2)27-4-3-5-28(18-27)26-11-6-24(7-12-26)10-17-34-38-33(31-16-13-29(36)19-32(31)37)21-40(34)20-25-8-14-30(15-9-25)41-22-35(42)39-45(41,43)44/h3-19,21-23,39,42H,20H2,1-2H3. The van der Waals surface area contributed by atoms with Gasteiger partial charge in [0.15, 0.2) is 0 Å². The summed E-state index contributed by atoms with van der Waals surface area (Å²) in [6.45, 7) is 4.86. The molecule has 10 heteroatoms. The number of aliphatic hydroxyl groups is 1. The fourth-order valence-electron chi connectivity index (χ4n) is 5.10. The van der Waals surface area contributed by atoms with Gasteiger partial charge in [-0.15, -0.1) is 0 Å². The summed E-state index contributed by atoms with van der Waals surface area (Å²) in [6, 6.07) is 29.4. The van der Waals surface area contributed by atoms with Crippen molar-refractivity contribution < 1.29 is 13.5 Å². The fourth-order valence-corrected chi connectivity index (χ4v) is 6.66. The molecule has 228 valence electrons. The lowest BCUT2D eigenvalue weighted by molar-refractivity contribution is 0.392. The Balaban J connectivity index is 1.28. The predicted molar refractivity (Wildman–Crippen MR) is 183 cm³/mol. The minimum absolute atomic E-state index is 0.397. The summed E-state index contributed by atoms with van der Waals surface area (Å²) in [5.74, 6) is 0.747. The van der Waals surface area contributed by atoms with Crippen molar-refractivity contribution in [1.82, 2.24) is 14.3 Å². The van der Waals surface area contributed by atoms with Crippen LogP contribution in [0.5, 0.6) is 0 Å². The smallest absolute Gasteiger partial charge is 0.330 e. The molecule has 6 rings (SSSR count). The van der Waals surface area contributed by atoms with Crippen LogP contribution in [-0.2, 0) is 16.8 Å². The monoisotopic (exact) mass is 656 g/mol. The molecule has 1 aliphatic heterocycles. The highest BCUT2D eigenvalue weighted by molar-refractivity contribution is 7.91. The third-order valence-electron chi connectivity index (χ3n) is 7.51. The maximum absolute atomic E-state index is 12.3. The van der Waals surface area contributed by atoms with Gasteiger partial charge >= 0.3 is 10.2 Å².